The Hall–Kier alpha value is -2.51. The lowest BCUT2D eigenvalue weighted by atomic mass is 10.0. The van der Waals surface area contributed by atoms with Crippen molar-refractivity contribution >= 4 is 19.5 Å². The van der Waals surface area contributed by atoms with Crippen LogP contribution in [0.4, 0.5) is 0 Å². The van der Waals surface area contributed by atoms with E-state index in [2.05, 4.69) is 10.6 Å². The first-order chi connectivity index (χ1) is 14.3. The number of carbonyl (C=O) groups is 2. The predicted molar refractivity (Wildman–Crippen MR) is 114 cm³/mol. The summed E-state index contributed by atoms with van der Waals surface area (Å²) in [4.78, 5) is 42.2. The van der Waals surface area contributed by atoms with Gasteiger partial charge in [0.25, 0.3) is 0 Å². The summed E-state index contributed by atoms with van der Waals surface area (Å²) in [6, 6.07) is 16.6. The summed E-state index contributed by atoms with van der Waals surface area (Å²) in [5.74, 6) is -0.867. The number of hydrogen-bond donors (Lipinski definition) is 4. The van der Waals surface area contributed by atoms with Gasteiger partial charge in [0.15, 0.2) is 0 Å². The van der Waals surface area contributed by atoms with Crippen molar-refractivity contribution < 1.29 is 28.7 Å². The number of esters is 1. The van der Waals surface area contributed by atoms with E-state index in [4.69, 9.17) is 14.5 Å². The molecule has 0 spiro atoms. The van der Waals surface area contributed by atoms with Crippen molar-refractivity contribution in [2.45, 2.75) is 25.8 Å². The van der Waals surface area contributed by atoms with Crippen LogP contribution in [-0.2, 0) is 25.3 Å². The van der Waals surface area contributed by atoms with Gasteiger partial charge in [-0.1, -0.05) is 54.6 Å². The van der Waals surface area contributed by atoms with Gasteiger partial charge in [-0.15, -0.1) is 0 Å². The van der Waals surface area contributed by atoms with E-state index >= 15 is 0 Å². The fraction of sp³-hybridized carbons (Fsp3) is 0.333. The van der Waals surface area contributed by atoms with Gasteiger partial charge >= 0.3 is 13.6 Å². The number of rotatable bonds is 11. The molecular formula is C21H27N2O6P. The van der Waals surface area contributed by atoms with E-state index in [-0.39, 0.29) is 26.0 Å². The summed E-state index contributed by atoms with van der Waals surface area (Å²) >= 11 is 0. The van der Waals surface area contributed by atoms with Gasteiger partial charge in [0.1, 0.15) is 0 Å². The summed E-state index contributed by atoms with van der Waals surface area (Å²) < 4.78 is 16.0. The zero-order chi connectivity index (χ0) is 22.0. The minimum atomic E-state index is -4.33. The smallest absolute Gasteiger partial charge is 0.339 e. The molecule has 8 nitrogen and oxygen atoms in total. The highest BCUT2D eigenvalue weighted by atomic mass is 31.2. The predicted octanol–water partition coefficient (Wildman–Crippen LogP) is 2.06. The van der Waals surface area contributed by atoms with Crippen LogP contribution in [0.5, 0.6) is 0 Å². The molecule has 0 aliphatic heterocycles. The number of carbonyl (C=O) groups excluding carboxylic acids is 2. The Kier molecular flexibility index (Phi) is 9.20. The highest BCUT2D eigenvalue weighted by Gasteiger charge is 2.23. The zero-order valence-electron chi connectivity index (χ0n) is 16.8. The molecule has 162 valence electrons. The van der Waals surface area contributed by atoms with Crippen LogP contribution in [0, 0.1) is 0 Å². The van der Waals surface area contributed by atoms with E-state index in [1.54, 1.807) is 6.92 Å². The van der Waals surface area contributed by atoms with Crippen molar-refractivity contribution in [2.24, 2.45) is 0 Å². The minimum Gasteiger partial charge on any atom is -0.466 e. The lowest BCUT2D eigenvalue weighted by molar-refractivity contribution is -0.143. The molecule has 0 aromatic heterocycles. The average molecular weight is 434 g/mol. The number of hydrogen-bond acceptors (Lipinski definition) is 5. The van der Waals surface area contributed by atoms with Crippen molar-refractivity contribution in [1.29, 1.82) is 0 Å². The Morgan fingerprint density at radius 1 is 1.03 bits per heavy atom. The first kappa shape index (κ1) is 23.8. The maximum Gasteiger partial charge on any atom is 0.339 e. The van der Waals surface area contributed by atoms with Crippen molar-refractivity contribution in [2.75, 3.05) is 19.4 Å². The second-order valence-electron chi connectivity index (χ2n) is 6.69. The summed E-state index contributed by atoms with van der Waals surface area (Å²) in [7, 11) is -4.33. The molecule has 0 heterocycles. The molecular weight excluding hydrogens is 407 g/mol. The third kappa shape index (κ3) is 8.47. The Balaban J connectivity index is 2.02. The monoisotopic (exact) mass is 434 g/mol. The van der Waals surface area contributed by atoms with Gasteiger partial charge in [0, 0.05) is 6.54 Å². The summed E-state index contributed by atoms with van der Waals surface area (Å²) in [6.07, 6.45) is -0.359. The maximum atomic E-state index is 12.5. The second-order valence-corrected chi connectivity index (χ2v) is 8.34. The molecule has 2 rings (SSSR count). The van der Waals surface area contributed by atoms with E-state index in [0.717, 1.165) is 16.7 Å². The number of benzene rings is 2. The van der Waals surface area contributed by atoms with Crippen molar-refractivity contribution in [3.8, 4) is 11.1 Å². The standard InChI is InChI=1S/C21H27N2O6P/c1-2-29-20(24)12-13-22-21(25)19(23-15-30(26,27)28)14-16-8-10-18(11-9-16)17-6-4-3-5-7-17/h3-11,19,23H,2,12-15H2,1H3,(H,22,25)(H2,26,27,28). The fourth-order valence-electron chi connectivity index (χ4n) is 2.83. The van der Waals surface area contributed by atoms with Gasteiger partial charge < -0.3 is 19.8 Å². The van der Waals surface area contributed by atoms with Crippen LogP contribution in [0.3, 0.4) is 0 Å². The molecule has 0 aliphatic carbocycles. The Morgan fingerprint density at radius 3 is 2.27 bits per heavy atom. The van der Waals surface area contributed by atoms with Crippen molar-refractivity contribution in [3.63, 3.8) is 0 Å². The molecule has 0 radical (unpaired) electrons. The Bertz CT molecular complexity index is 867. The van der Waals surface area contributed by atoms with Crippen LogP contribution >= 0.6 is 7.60 Å². The SMILES string of the molecule is CCOC(=O)CCNC(=O)C(Cc1ccc(-c2ccccc2)cc1)NCP(=O)(O)O. The van der Waals surface area contributed by atoms with Crippen LogP contribution in [0.15, 0.2) is 54.6 Å². The van der Waals surface area contributed by atoms with Gasteiger partial charge in [-0.3, -0.25) is 19.5 Å². The van der Waals surface area contributed by atoms with Gasteiger partial charge in [0.05, 0.1) is 25.4 Å². The van der Waals surface area contributed by atoms with Gasteiger partial charge in [-0.25, -0.2) is 0 Å². The summed E-state index contributed by atoms with van der Waals surface area (Å²) in [5, 5.41) is 5.24. The highest BCUT2D eigenvalue weighted by Crippen LogP contribution is 2.32. The van der Waals surface area contributed by atoms with E-state index in [9.17, 15) is 14.2 Å². The van der Waals surface area contributed by atoms with Crippen LogP contribution in [0.25, 0.3) is 11.1 Å². The lowest BCUT2D eigenvalue weighted by Gasteiger charge is -2.19. The Labute approximate surface area is 175 Å². The van der Waals surface area contributed by atoms with Crippen molar-refractivity contribution in [3.05, 3.63) is 60.2 Å². The first-order valence-corrected chi connectivity index (χ1v) is 11.4. The molecule has 4 N–H and O–H groups in total. The molecule has 0 bridgehead atoms. The number of amides is 1. The largest absolute Gasteiger partial charge is 0.466 e. The average Bonchev–Trinajstić information content (AvgIpc) is 2.71. The molecule has 1 atom stereocenters. The quantitative estimate of drug-likeness (QED) is 0.315. The van der Waals surface area contributed by atoms with Gasteiger partial charge in [-0.2, -0.15) is 0 Å². The molecule has 9 heteroatoms. The van der Waals surface area contributed by atoms with Crippen LogP contribution in [0.1, 0.15) is 18.9 Å². The molecule has 0 saturated heterocycles. The summed E-state index contributed by atoms with van der Waals surface area (Å²) in [6.45, 7) is 2.04. The normalized spacial score (nSPS) is 12.2. The molecule has 0 aliphatic rings. The van der Waals surface area contributed by atoms with E-state index in [1.807, 2.05) is 54.6 Å². The van der Waals surface area contributed by atoms with Crippen LogP contribution in [-0.4, -0.2) is 47.1 Å². The molecule has 0 fully saturated rings. The fourth-order valence-corrected chi connectivity index (χ4v) is 3.29. The molecule has 2 aromatic carbocycles. The van der Waals surface area contributed by atoms with Crippen LogP contribution in [0.2, 0.25) is 0 Å². The van der Waals surface area contributed by atoms with Gasteiger partial charge in [0.2, 0.25) is 5.91 Å². The van der Waals surface area contributed by atoms with E-state index in [1.165, 1.54) is 0 Å². The maximum absolute atomic E-state index is 12.5. The van der Waals surface area contributed by atoms with Crippen molar-refractivity contribution in [1.82, 2.24) is 10.6 Å². The molecule has 2 aromatic rings. The topological polar surface area (TPSA) is 125 Å². The molecule has 30 heavy (non-hydrogen) atoms. The Morgan fingerprint density at radius 2 is 1.67 bits per heavy atom. The summed E-state index contributed by atoms with van der Waals surface area (Å²) in [5.41, 5.74) is 2.92. The van der Waals surface area contributed by atoms with Crippen LogP contribution < -0.4 is 10.6 Å². The third-order valence-electron chi connectivity index (χ3n) is 4.29. The highest BCUT2D eigenvalue weighted by molar-refractivity contribution is 7.51. The molecule has 1 unspecified atom stereocenters. The number of ether oxygens (including phenoxy) is 1. The zero-order valence-corrected chi connectivity index (χ0v) is 17.7. The minimum absolute atomic E-state index is 0.0244. The van der Waals surface area contributed by atoms with E-state index in [0.29, 0.717) is 0 Å². The van der Waals surface area contributed by atoms with E-state index < -0.39 is 31.8 Å². The first-order valence-electron chi connectivity index (χ1n) is 9.64. The second kappa shape index (κ2) is 11.6. The molecule has 0 saturated carbocycles. The third-order valence-corrected chi connectivity index (χ3v) is 4.89. The molecule has 1 amide bonds. The number of nitrogens with one attached hydrogen (secondary N) is 2. The lowest BCUT2D eigenvalue weighted by Crippen LogP contribution is -2.46. The van der Waals surface area contributed by atoms with Gasteiger partial charge in [-0.05, 0) is 30.0 Å².